The first kappa shape index (κ1) is 18.9. The molecule has 118 valence electrons. The molecule has 0 saturated carbocycles. The molecule has 0 atom stereocenters. The molecule has 0 aliphatic carbocycles. The fourth-order valence-corrected chi connectivity index (χ4v) is 1.60. The minimum Gasteiger partial charge on any atom is -0.466 e. The van der Waals surface area contributed by atoms with Crippen LogP contribution in [0.2, 0.25) is 0 Å². The molecule has 6 nitrogen and oxygen atoms in total. The Morgan fingerprint density at radius 3 is 1.70 bits per heavy atom. The lowest BCUT2D eigenvalue weighted by molar-refractivity contribution is -0.145. The Morgan fingerprint density at radius 1 is 0.650 bits per heavy atom. The minimum absolute atomic E-state index is 0.0565. The molecule has 0 unspecified atom stereocenters. The van der Waals surface area contributed by atoms with Crippen LogP contribution >= 0.6 is 0 Å². The number of ether oxygens (including phenoxy) is 2. The van der Waals surface area contributed by atoms with Crippen LogP contribution in [-0.2, 0) is 19.1 Å². The van der Waals surface area contributed by atoms with Gasteiger partial charge in [-0.2, -0.15) is 0 Å². The van der Waals surface area contributed by atoms with Crippen molar-refractivity contribution in [3.63, 3.8) is 0 Å². The highest BCUT2D eigenvalue weighted by Gasteiger charge is 2.04. The van der Waals surface area contributed by atoms with Crippen molar-refractivity contribution in [1.82, 2.24) is 0 Å². The number of carbonyl (C=O) groups excluding carboxylic acids is 2. The molecule has 0 heterocycles. The van der Waals surface area contributed by atoms with Gasteiger partial charge in [0.15, 0.2) is 0 Å². The van der Waals surface area contributed by atoms with Gasteiger partial charge < -0.3 is 19.7 Å². The monoisotopic (exact) mass is 290 g/mol. The summed E-state index contributed by atoms with van der Waals surface area (Å²) < 4.78 is 9.70. The van der Waals surface area contributed by atoms with Crippen LogP contribution in [0.3, 0.4) is 0 Å². The van der Waals surface area contributed by atoms with E-state index in [0.29, 0.717) is 32.3 Å². The number of aliphatic hydroxyl groups is 2. The lowest BCUT2D eigenvalue weighted by Gasteiger charge is -2.04. The third kappa shape index (κ3) is 13.3. The van der Waals surface area contributed by atoms with Crippen LogP contribution in [0.15, 0.2) is 0 Å². The Morgan fingerprint density at radius 2 is 1.20 bits per heavy atom. The molecule has 0 bridgehead atoms. The molecule has 20 heavy (non-hydrogen) atoms. The Hall–Kier alpha value is -1.14. The van der Waals surface area contributed by atoms with Gasteiger partial charge in [0.1, 0.15) is 6.61 Å². The lowest BCUT2D eigenvalue weighted by Crippen LogP contribution is -2.08. The molecule has 0 spiro atoms. The zero-order valence-corrected chi connectivity index (χ0v) is 12.0. The van der Waals surface area contributed by atoms with Crippen molar-refractivity contribution in [2.24, 2.45) is 0 Å². The average molecular weight is 290 g/mol. The molecule has 6 heteroatoms. The summed E-state index contributed by atoms with van der Waals surface area (Å²) in [5, 5.41) is 17.0. The second-order valence-electron chi connectivity index (χ2n) is 4.51. The fraction of sp³-hybridized carbons (Fsp3) is 0.857. The van der Waals surface area contributed by atoms with Crippen molar-refractivity contribution >= 4 is 11.9 Å². The van der Waals surface area contributed by atoms with Gasteiger partial charge in [-0.15, -0.1) is 0 Å². The van der Waals surface area contributed by atoms with E-state index < -0.39 is 0 Å². The van der Waals surface area contributed by atoms with Gasteiger partial charge >= 0.3 is 11.9 Å². The van der Waals surface area contributed by atoms with Crippen molar-refractivity contribution in [1.29, 1.82) is 0 Å². The van der Waals surface area contributed by atoms with E-state index in [1.165, 1.54) is 0 Å². The van der Waals surface area contributed by atoms with Gasteiger partial charge in [-0.1, -0.05) is 12.8 Å². The summed E-state index contributed by atoms with van der Waals surface area (Å²) in [5.41, 5.74) is 0. The van der Waals surface area contributed by atoms with Crippen LogP contribution in [0.1, 0.15) is 51.4 Å². The molecule has 0 aliphatic heterocycles. The van der Waals surface area contributed by atoms with E-state index in [1.54, 1.807) is 0 Å². The highest BCUT2D eigenvalue weighted by atomic mass is 16.5. The zero-order chi connectivity index (χ0) is 15.1. The van der Waals surface area contributed by atoms with E-state index in [2.05, 4.69) is 0 Å². The second-order valence-corrected chi connectivity index (χ2v) is 4.51. The third-order valence-electron chi connectivity index (χ3n) is 2.68. The highest BCUT2D eigenvalue weighted by Crippen LogP contribution is 2.07. The van der Waals surface area contributed by atoms with Crippen molar-refractivity contribution in [3.05, 3.63) is 0 Å². The van der Waals surface area contributed by atoms with Crippen LogP contribution in [0.25, 0.3) is 0 Å². The molecule has 0 rings (SSSR count). The SMILES string of the molecule is O=C(CCCCCCC(=O)OCCCCO)OCCO. The first-order valence-corrected chi connectivity index (χ1v) is 7.23. The number of carbonyl (C=O) groups is 2. The molecular weight excluding hydrogens is 264 g/mol. The maximum absolute atomic E-state index is 11.3. The number of hydrogen-bond acceptors (Lipinski definition) is 6. The molecule has 0 amide bonds. The maximum atomic E-state index is 11.3. The van der Waals surface area contributed by atoms with E-state index in [1.807, 2.05) is 0 Å². The van der Waals surface area contributed by atoms with Crippen molar-refractivity contribution in [2.75, 3.05) is 26.4 Å². The van der Waals surface area contributed by atoms with E-state index in [4.69, 9.17) is 19.7 Å². The van der Waals surface area contributed by atoms with Gasteiger partial charge in [-0.05, 0) is 25.7 Å². The molecular formula is C14H26O6. The number of unbranched alkanes of at least 4 members (excludes halogenated alkanes) is 4. The zero-order valence-electron chi connectivity index (χ0n) is 12.0. The second kappa shape index (κ2) is 14.3. The quantitative estimate of drug-likeness (QED) is 0.391. The number of rotatable bonds is 13. The Balaban J connectivity index is 3.26. The fourth-order valence-electron chi connectivity index (χ4n) is 1.60. The van der Waals surface area contributed by atoms with E-state index >= 15 is 0 Å². The van der Waals surface area contributed by atoms with Gasteiger partial charge in [0, 0.05) is 19.4 Å². The first-order valence-electron chi connectivity index (χ1n) is 7.23. The van der Waals surface area contributed by atoms with Gasteiger partial charge in [0.25, 0.3) is 0 Å². The van der Waals surface area contributed by atoms with Gasteiger partial charge in [0.2, 0.25) is 0 Å². The summed E-state index contributed by atoms with van der Waals surface area (Å²) in [4.78, 5) is 22.4. The highest BCUT2D eigenvalue weighted by molar-refractivity contribution is 5.69. The standard InChI is InChI=1S/C14H26O6/c15-9-5-6-11-19-13(17)7-3-1-2-4-8-14(18)20-12-10-16/h15-16H,1-12H2. The Kier molecular flexibility index (Phi) is 13.5. The summed E-state index contributed by atoms with van der Waals surface area (Å²) in [6.07, 6.45) is 5.32. The van der Waals surface area contributed by atoms with E-state index in [9.17, 15) is 9.59 Å². The maximum Gasteiger partial charge on any atom is 0.305 e. The normalized spacial score (nSPS) is 10.3. The first-order chi connectivity index (χ1) is 9.70. The number of esters is 2. The van der Waals surface area contributed by atoms with Crippen molar-refractivity contribution in [2.45, 2.75) is 51.4 Å². The van der Waals surface area contributed by atoms with Crippen LogP contribution in [-0.4, -0.2) is 48.6 Å². The summed E-state index contributed by atoms with van der Waals surface area (Å²) in [6.45, 7) is 0.404. The molecule has 0 fully saturated rings. The van der Waals surface area contributed by atoms with Crippen LogP contribution < -0.4 is 0 Å². The van der Waals surface area contributed by atoms with Crippen molar-refractivity contribution < 1.29 is 29.3 Å². The third-order valence-corrected chi connectivity index (χ3v) is 2.68. The topological polar surface area (TPSA) is 93.1 Å². The minimum atomic E-state index is -0.289. The molecule has 0 aliphatic rings. The summed E-state index contributed by atoms with van der Waals surface area (Å²) in [7, 11) is 0. The molecule has 0 aromatic rings. The Labute approximate surface area is 120 Å². The number of hydrogen-bond donors (Lipinski definition) is 2. The predicted octanol–water partition coefficient (Wildman–Crippen LogP) is 1.18. The largest absolute Gasteiger partial charge is 0.466 e. The molecule has 0 saturated heterocycles. The lowest BCUT2D eigenvalue weighted by atomic mass is 10.1. The van der Waals surface area contributed by atoms with Gasteiger partial charge in [0.05, 0.1) is 13.2 Å². The smallest absolute Gasteiger partial charge is 0.305 e. The van der Waals surface area contributed by atoms with Crippen LogP contribution in [0.5, 0.6) is 0 Å². The predicted molar refractivity (Wildman–Crippen MR) is 73.0 cm³/mol. The summed E-state index contributed by atoms with van der Waals surface area (Å²) in [5.74, 6) is -0.493. The summed E-state index contributed by atoms with van der Waals surface area (Å²) >= 11 is 0. The molecule has 2 N–H and O–H groups in total. The van der Waals surface area contributed by atoms with Crippen LogP contribution in [0, 0.1) is 0 Å². The van der Waals surface area contributed by atoms with Gasteiger partial charge in [-0.25, -0.2) is 0 Å². The summed E-state index contributed by atoms with van der Waals surface area (Å²) in [6, 6.07) is 0. The molecule has 0 aromatic heterocycles. The van der Waals surface area contributed by atoms with E-state index in [-0.39, 0.29) is 31.8 Å². The molecule has 0 aromatic carbocycles. The number of aliphatic hydroxyl groups excluding tert-OH is 2. The van der Waals surface area contributed by atoms with Gasteiger partial charge in [-0.3, -0.25) is 9.59 Å². The van der Waals surface area contributed by atoms with E-state index in [0.717, 1.165) is 25.7 Å². The van der Waals surface area contributed by atoms with Crippen molar-refractivity contribution in [3.8, 4) is 0 Å². The molecule has 0 radical (unpaired) electrons. The van der Waals surface area contributed by atoms with Crippen LogP contribution in [0.4, 0.5) is 0 Å². The Bertz CT molecular complexity index is 254. The average Bonchev–Trinajstić information content (AvgIpc) is 2.45.